The molecule has 1 unspecified atom stereocenters. The fourth-order valence-corrected chi connectivity index (χ4v) is 3.65. The average Bonchev–Trinajstić information content (AvgIpc) is 3.23. The normalized spacial score (nSPS) is 19.9. The highest BCUT2D eigenvalue weighted by Crippen LogP contribution is 2.21. The lowest BCUT2D eigenvalue weighted by molar-refractivity contribution is 0.0674. The van der Waals surface area contributed by atoms with Gasteiger partial charge in [-0.05, 0) is 19.1 Å². The lowest BCUT2D eigenvalue weighted by Gasteiger charge is -2.30. The van der Waals surface area contributed by atoms with Crippen LogP contribution in [-0.2, 0) is 9.47 Å². The van der Waals surface area contributed by atoms with Gasteiger partial charge in [0.25, 0.3) is 0 Å². The molecular formula is C21H27N7O2. The van der Waals surface area contributed by atoms with Crippen LogP contribution in [0, 0.1) is 5.41 Å². The number of H-pyrrole nitrogens is 1. The largest absolute Gasteiger partial charge is 0.378 e. The van der Waals surface area contributed by atoms with Gasteiger partial charge in [0, 0.05) is 50.3 Å². The minimum atomic E-state index is -0.260. The molecule has 3 heterocycles. The van der Waals surface area contributed by atoms with Gasteiger partial charge in [0.15, 0.2) is 6.23 Å². The Hall–Kier alpha value is -2.91. The van der Waals surface area contributed by atoms with E-state index in [1.54, 1.807) is 13.3 Å². The van der Waals surface area contributed by atoms with Crippen molar-refractivity contribution in [1.29, 1.82) is 5.41 Å². The van der Waals surface area contributed by atoms with Crippen molar-refractivity contribution in [3.63, 3.8) is 0 Å². The number of fused-ring (bicyclic) bond motifs is 1. The lowest BCUT2D eigenvalue weighted by Crippen LogP contribution is -2.41. The van der Waals surface area contributed by atoms with Crippen LogP contribution in [-0.4, -0.2) is 91.3 Å². The zero-order chi connectivity index (χ0) is 20.9. The van der Waals surface area contributed by atoms with Crippen LogP contribution < -0.4 is 0 Å². The van der Waals surface area contributed by atoms with Crippen molar-refractivity contribution in [3.05, 3.63) is 29.5 Å². The molecule has 2 aliphatic rings. The summed E-state index contributed by atoms with van der Waals surface area (Å²) in [6.45, 7) is 6.22. The molecule has 0 radical (unpaired) electrons. The summed E-state index contributed by atoms with van der Waals surface area (Å²) in [5.74, 6) is 0.921. The van der Waals surface area contributed by atoms with E-state index in [9.17, 15) is 0 Å². The highest BCUT2D eigenvalue weighted by Gasteiger charge is 2.20. The van der Waals surface area contributed by atoms with Crippen LogP contribution in [0.3, 0.4) is 0 Å². The Kier molecular flexibility index (Phi) is 6.29. The van der Waals surface area contributed by atoms with Crippen LogP contribution >= 0.6 is 0 Å². The number of rotatable bonds is 6. The van der Waals surface area contributed by atoms with E-state index in [-0.39, 0.29) is 6.23 Å². The standard InChI is InChI=1S/C21H27N7O2/c1-3-24-19(28-6-8-30-9-7-28)11-16(22)21-15-10-14(4-5-17(15)26-27-21)18-12-23-13-20(25-18)29-2/h4-5,10,12,20,22H,3,6-9,11,13H2,1-2H3,(H,26,27). The minimum absolute atomic E-state index is 0.260. The minimum Gasteiger partial charge on any atom is -0.378 e. The third-order valence-corrected chi connectivity index (χ3v) is 5.23. The summed E-state index contributed by atoms with van der Waals surface area (Å²) in [6.07, 6.45) is 1.95. The molecule has 9 nitrogen and oxygen atoms in total. The molecule has 0 amide bonds. The van der Waals surface area contributed by atoms with Gasteiger partial charge in [0.2, 0.25) is 0 Å². The maximum atomic E-state index is 8.73. The Morgan fingerprint density at radius 1 is 1.37 bits per heavy atom. The summed E-state index contributed by atoms with van der Waals surface area (Å²) in [6, 6.07) is 5.95. The van der Waals surface area contributed by atoms with E-state index in [2.05, 4.69) is 30.1 Å². The predicted octanol–water partition coefficient (Wildman–Crippen LogP) is 1.92. The van der Waals surface area contributed by atoms with Crippen LogP contribution in [0.5, 0.6) is 0 Å². The molecule has 1 fully saturated rings. The van der Waals surface area contributed by atoms with E-state index >= 15 is 0 Å². The van der Waals surface area contributed by atoms with Crippen molar-refractivity contribution < 1.29 is 9.47 Å². The first-order chi connectivity index (χ1) is 14.7. The zero-order valence-electron chi connectivity index (χ0n) is 17.4. The molecule has 0 aliphatic carbocycles. The molecular weight excluding hydrogens is 382 g/mol. The molecule has 1 saturated heterocycles. The molecule has 2 aromatic rings. The molecule has 2 aliphatic heterocycles. The van der Waals surface area contributed by atoms with Crippen LogP contribution in [0.25, 0.3) is 10.9 Å². The van der Waals surface area contributed by atoms with Crippen molar-refractivity contribution in [2.24, 2.45) is 15.0 Å². The summed E-state index contributed by atoms with van der Waals surface area (Å²) in [4.78, 5) is 15.8. The number of aromatic amines is 1. The second-order valence-corrected chi connectivity index (χ2v) is 7.18. The number of hydrogen-bond donors (Lipinski definition) is 2. The van der Waals surface area contributed by atoms with Crippen molar-refractivity contribution in [2.75, 3.05) is 46.5 Å². The third kappa shape index (κ3) is 4.31. The average molecular weight is 409 g/mol. The fourth-order valence-electron chi connectivity index (χ4n) is 3.65. The third-order valence-electron chi connectivity index (χ3n) is 5.23. The molecule has 0 spiro atoms. The van der Waals surface area contributed by atoms with E-state index in [1.807, 2.05) is 25.1 Å². The summed E-state index contributed by atoms with van der Waals surface area (Å²) in [5, 5.41) is 17.1. The van der Waals surface area contributed by atoms with E-state index in [0.29, 0.717) is 44.1 Å². The van der Waals surface area contributed by atoms with Crippen LogP contribution in [0.4, 0.5) is 0 Å². The van der Waals surface area contributed by atoms with Gasteiger partial charge in [0.1, 0.15) is 11.5 Å². The summed E-state index contributed by atoms with van der Waals surface area (Å²) >= 11 is 0. The first-order valence-electron chi connectivity index (χ1n) is 10.2. The molecule has 30 heavy (non-hydrogen) atoms. The molecule has 0 bridgehead atoms. The van der Waals surface area contributed by atoms with Gasteiger partial charge in [-0.15, -0.1) is 0 Å². The van der Waals surface area contributed by atoms with Crippen molar-refractivity contribution in [1.82, 2.24) is 15.1 Å². The van der Waals surface area contributed by atoms with Crippen molar-refractivity contribution >= 4 is 34.4 Å². The van der Waals surface area contributed by atoms with Crippen LogP contribution in [0.15, 0.2) is 33.2 Å². The monoisotopic (exact) mass is 409 g/mol. The van der Waals surface area contributed by atoms with Gasteiger partial charge >= 0.3 is 0 Å². The predicted molar refractivity (Wildman–Crippen MR) is 119 cm³/mol. The number of methoxy groups -OCH3 is 1. The number of morpholine rings is 1. The Labute approximate surface area is 175 Å². The van der Waals surface area contributed by atoms with Gasteiger partial charge in [-0.3, -0.25) is 20.1 Å². The molecule has 1 atom stereocenters. The molecule has 2 N–H and O–H groups in total. The first-order valence-corrected chi connectivity index (χ1v) is 10.2. The van der Waals surface area contributed by atoms with Crippen molar-refractivity contribution in [2.45, 2.75) is 19.6 Å². The molecule has 158 valence electrons. The number of ether oxygens (including phenoxy) is 2. The molecule has 0 saturated carbocycles. The fraction of sp³-hybridized carbons (Fsp3) is 0.476. The van der Waals surface area contributed by atoms with Gasteiger partial charge < -0.3 is 19.8 Å². The number of aliphatic imine (C=N–C) groups is 3. The number of aromatic nitrogens is 2. The maximum Gasteiger partial charge on any atom is 0.168 e. The van der Waals surface area contributed by atoms with Gasteiger partial charge in [-0.25, -0.2) is 0 Å². The van der Waals surface area contributed by atoms with Crippen LogP contribution in [0.1, 0.15) is 24.6 Å². The first kappa shape index (κ1) is 20.4. The number of nitrogens with one attached hydrogen (secondary N) is 2. The SMILES string of the molecule is CCN=C(CC(=N)c1n[nH]c2ccc(C3=NC(OC)CN=C3)cc12)N1CCOCC1. The molecule has 4 rings (SSSR count). The number of benzene rings is 1. The Morgan fingerprint density at radius 3 is 2.97 bits per heavy atom. The molecule has 1 aromatic carbocycles. The van der Waals surface area contributed by atoms with E-state index in [4.69, 9.17) is 14.9 Å². The topological polar surface area (TPSA) is 111 Å². The quantitative estimate of drug-likeness (QED) is 0.561. The number of nitrogens with zero attached hydrogens (tertiary/aromatic N) is 5. The summed E-state index contributed by atoms with van der Waals surface area (Å²) in [5.41, 5.74) is 3.66. The van der Waals surface area contributed by atoms with Crippen LogP contribution in [0.2, 0.25) is 0 Å². The molecule has 1 aromatic heterocycles. The number of hydrogen-bond acceptors (Lipinski definition) is 7. The van der Waals surface area contributed by atoms with E-state index in [0.717, 1.165) is 41.1 Å². The second kappa shape index (κ2) is 9.27. The van der Waals surface area contributed by atoms with E-state index in [1.165, 1.54) is 0 Å². The zero-order valence-corrected chi connectivity index (χ0v) is 17.4. The molecule has 9 heteroatoms. The highest BCUT2D eigenvalue weighted by molar-refractivity contribution is 6.39. The van der Waals surface area contributed by atoms with Gasteiger partial charge in [0.05, 0.1) is 36.7 Å². The van der Waals surface area contributed by atoms with Gasteiger partial charge in [-0.1, -0.05) is 6.07 Å². The van der Waals surface area contributed by atoms with E-state index < -0.39 is 0 Å². The smallest absolute Gasteiger partial charge is 0.168 e. The highest BCUT2D eigenvalue weighted by atomic mass is 16.5. The lowest BCUT2D eigenvalue weighted by atomic mass is 10.0. The Morgan fingerprint density at radius 2 is 2.20 bits per heavy atom. The van der Waals surface area contributed by atoms with Gasteiger partial charge in [-0.2, -0.15) is 5.10 Å². The Bertz CT molecular complexity index is 1000. The second-order valence-electron chi connectivity index (χ2n) is 7.18. The maximum absolute atomic E-state index is 8.73. The summed E-state index contributed by atoms with van der Waals surface area (Å²) < 4.78 is 10.8. The number of amidine groups is 1. The Balaban J connectivity index is 1.60. The van der Waals surface area contributed by atoms with Crippen molar-refractivity contribution in [3.8, 4) is 0 Å². The summed E-state index contributed by atoms with van der Waals surface area (Å²) in [7, 11) is 1.63.